The van der Waals surface area contributed by atoms with Gasteiger partial charge < -0.3 is 0 Å². The standard InChI is InChI=1S/C28H18FN3/c29-21-13-10-20(11-14-21)28-24(17-30-32-28)26-16-23(18-6-2-1-3-7-18)27-22-9-5-4-8-19(22)12-15-25(27)31-26/h1-17H,(H,30,32). The third kappa shape index (κ3) is 3.05. The van der Waals surface area contributed by atoms with Crippen LogP contribution in [0.4, 0.5) is 4.39 Å². The lowest BCUT2D eigenvalue weighted by molar-refractivity contribution is 0.628. The molecule has 4 heteroatoms. The van der Waals surface area contributed by atoms with E-state index in [1.807, 2.05) is 18.2 Å². The Kier molecular flexibility index (Phi) is 4.29. The summed E-state index contributed by atoms with van der Waals surface area (Å²) in [6, 6.07) is 31.5. The average Bonchev–Trinajstić information content (AvgIpc) is 3.34. The summed E-state index contributed by atoms with van der Waals surface area (Å²) in [5.74, 6) is -0.267. The molecule has 0 bridgehead atoms. The first-order chi connectivity index (χ1) is 15.8. The molecule has 0 aliphatic rings. The number of aromatic nitrogens is 3. The van der Waals surface area contributed by atoms with E-state index in [0.29, 0.717) is 0 Å². The van der Waals surface area contributed by atoms with E-state index < -0.39 is 0 Å². The highest BCUT2D eigenvalue weighted by atomic mass is 19.1. The lowest BCUT2D eigenvalue weighted by atomic mass is 9.94. The van der Waals surface area contributed by atoms with Crippen LogP contribution < -0.4 is 0 Å². The predicted octanol–water partition coefficient (Wildman–Crippen LogP) is 7.25. The summed E-state index contributed by atoms with van der Waals surface area (Å²) in [5.41, 5.74) is 6.55. The molecule has 0 fully saturated rings. The molecule has 0 unspecified atom stereocenters. The van der Waals surface area contributed by atoms with Crippen molar-refractivity contribution in [3.05, 3.63) is 109 Å². The number of hydrogen-bond acceptors (Lipinski definition) is 2. The highest BCUT2D eigenvalue weighted by Crippen LogP contribution is 2.38. The van der Waals surface area contributed by atoms with Gasteiger partial charge in [-0.15, -0.1) is 0 Å². The SMILES string of the molecule is Fc1ccc(-c2[nH]ncc2-c2cc(-c3ccccc3)c3c(ccc4ccccc43)n2)cc1. The number of rotatable bonds is 3. The molecule has 0 atom stereocenters. The normalized spacial score (nSPS) is 11.3. The van der Waals surface area contributed by atoms with Gasteiger partial charge in [0.15, 0.2) is 0 Å². The highest BCUT2D eigenvalue weighted by Gasteiger charge is 2.16. The van der Waals surface area contributed by atoms with Crippen molar-refractivity contribution in [2.24, 2.45) is 0 Å². The highest BCUT2D eigenvalue weighted by molar-refractivity contribution is 6.13. The fourth-order valence-corrected chi connectivity index (χ4v) is 4.31. The number of nitrogens with one attached hydrogen (secondary N) is 1. The molecule has 0 amide bonds. The van der Waals surface area contributed by atoms with E-state index in [1.165, 1.54) is 22.9 Å². The number of H-pyrrole nitrogens is 1. The molecular weight excluding hydrogens is 397 g/mol. The second kappa shape index (κ2) is 7.43. The molecule has 0 aliphatic heterocycles. The lowest BCUT2D eigenvalue weighted by Gasteiger charge is -2.13. The fourth-order valence-electron chi connectivity index (χ4n) is 4.31. The minimum absolute atomic E-state index is 0.267. The average molecular weight is 415 g/mol. The maximum atomic E-state index is 13.5. The molecule has 6 aromatic rings. The van der Waals surface area contributed by atoms with E-state index in [2.05, 4.69) is 64.8 Å². The number of fused-ring (bicyclic) bond motifs is 3. The molecule has 1 N–H and O–H groups in total. The van der Waals surface area contributed by atoms with Crippen LogP contribution in [0.3, 0.4) is 0 Å². The fraction of sp³-hybridized carbons (Fsp3) is 0. The first-order valence-corrected chi connectivity index (χ1v) is 10.5. The second-order valence-electron chi connectivity index (χ2n) is 7.77. The minimum atomic E-state index is -0.267. The van der Waals surface area contributed by atoms with Crippen LogP contribution in [0, 0.1) is 5.82 Å². The van der Waals surface area contributed by atoms with Crippen LogP contribution in [0.2, 0.25) is 0 Å². The molecule has 4 aromatic carbocycles. The molecule has 2 heterocycles. The van der Waals surface area contributed by atoms with Crippen LogP contribution >= 0.6 is 0 Å². The first-order valence-electron chi connectivity index (χ1n) is 10.5. The van der Waals surface area contributed by atoms with Crippen molar-refractivity contribution < 1.29 is 4.39 Å². The Morgan fingerprint density at radius 1 is 0.688 bits per heavy atom. The quantitative estimate of drug-likeness (QED) is 0.309. The van der Waals surface area contributed by atoms with Gasteiger partial charge in [0.05, 0.1) is 23.1 Å². The van der Waals surface area contributed by atoms with Gasteiger partial charge in [0.1, 0.15) is 5.82 Å². The largest absolute Gasteiger partial charge is 0.277 e. The molecule has 0 aliphatic carbocycles. The smallest absolute Gasteiger partial charge is 0.123 e. The third-order valence-corrected chi connectivity index (χ3v) is 5.83. The lowest BCUT2D eigenvalue weighted by Crippen LogP contribution is -1.92. The Morgan fingerprint density at radius 3 is 2.31 bits per heavy atom. The van der Waals surface area contributed by atoms with E-state index in [1.54, 1.807) is 18.3 Å². The molecule has 0 saturated heterocycles. The number of halogens is 1. The van der Waals surface area contributed by atoms with Gasteiger partial charge in [-0.05, 0) is 58.3 Å². The monoisotopic (exact) mass is 415 g/mol. The van der Waals surface area contributed by atoms with Crippen molar-refractivity contribution in [1.82, 2.24) is 15.2 Å². The van der Waals surface area contributed by atoms with Gasteiger partial charge in [-0.25, -0.2) is 9.37 Å². The maximum absolute atomic E-state index is 13.5. The Labute approximate surface area is 184 Å². The van der Waals surface area contributed by atoms with E-state index in [0.717, 1.165) is 44.5 Å². The molecule has 152 valence electrons. The van der Waals surface area contributed by atoms with Crippen molar-refractivity contribution in [3.63, 3.8) is 0 Å². The Balaban J connectivity index is 1.65. The van der Waals surface area contributed by atoms with E-state index in [4.69, 9.17) is 4.98 Å². The molecule has 0 spiro atoms. The van der Waals surface area contributed by atoms with Crippen molar-refractivity contribution in [2.75, 3.05) is 0 Å². The summed E-state index contributed by atoms with van der Waals surface area (Å²) >= 11 is 0. The van der Waals surface area contributed by atoms with Crippen molar-refractivity contribution in [2.45, 2.75) is 0 Å². The molecule has 0 saturated carbocycles. The summed E-state index contributed by atoms with van der Waals surface area (Å²) in [7, 11) is 0. The number of nitrogens with zero attached hydrogens (tertiary/aromatic N) is 2. The Hall–Kier alpha value is -4.31. The maximum Gasteiger partial charge on any atom is 0.123 e. The summed E-state index contributed by atoms with van der Waals surface area (Å²) < 4.78 is 13.5. The van der Waals surface area contributed by atoms with Gasteiger partial charge in [-0.3, -0.25) is 5.10 Å². The third-order valence-electron chi connectivity index (χ3n) is 5.83. The number of hydrogen-bond donors (Lipinski definition) is 1. The van der Waals surface area contributed by atoms with Gasteiger partial charge in [-0.2, -0.15) is 5.10 Å². The zero-order chi connectivity index (χ0) is 21.5. The van der Waals surface area contributed by atoms with Gasteiger partial charge in [0, 0.05) is 16.5 Å². The summed E-state index contributed by atoms with van der Waals surface area (Å²) in [6.07, 6.45) is 1.78. The molecule has 6 rings (SSSR count). The van der Waals surface area contributed by atoms with Crippen LogP contribution in [0.5, 0.6) is 0 Å². The van der Waals surface area contributed by atoms with E-state index in [-0.39, 0.29) is 5.82 Å². The van der Waals surface area contributed by atoms with Crippen LogP contribution in [0.1, 0.15) is 0 Å². The zero-order valence-corrected chi connectivity index (χ0v) is 17.1. The zero-order valence-electron chi connectivity index (χ0n) is 17.1. The van der Waals surface area contributed by atoms with Crippen LogP contribution in [0.25, 0.3) is 55.3 Å². The van der Waals surface area contributed by atoms with Crippen LogP contribution in [-0.2, 0) is 0 Å². The van der Waals surface area contributed by atoms with Crippen molar-refractivity contribution in [1.29, 1.82) is 0 Å². The summed E-state index contributed by atoms with van der Waals surface area (Å²) in [4.78, 5) is 5.02. The second-order valence-corrected chi connectivity index (χ2v) is 7.77. The van der Waals surface area contributed by atoms with E-state index in [9.17, 15) is 4.39 Å². The van der Waals surface area contributed by atoms with Gasteiger partial charge in [-0.1, -0.05) is 60.7 Å². The molecular formula is C28H18FN3. The predicted molar refractivity (Wildman–Crippen MR) is 128 cm³/mol. The van der Waals surface area contributed by atoms with Crippen molar-refractivity contribution in [3.8, 4) is 33.6 Å². The molecule has 32 heavy (non-hydrogen) atoms. The number of benzene rings is 4. The van der Waals surface area contributed by atoms with Crippen LogP contribution in [0.15, 0.2) is 103 Å². The van der Waals surface area contributed by atoms with Crippen molar-refractivity contribution >= 4 is 21.7 Å². The Bertz CT molecular complexity index is 1570. The number of pyridine rings is 1. The molecule has 2 aromatic heterocycles. The minimum Gasteiger partial charge on any atom is -0.277 e. The van der Waals surface area contributed by atoms with Gasteiger partial charge >= 0.3 is 0 Å². The van der Waals surface area contributed by atoms with Gasteiger partial charge in [0.2, 0.25) is 0 Å². The number of aromatic amines is 1. The first kappa shape index (κ1) is 18.5. The van der Waals surface area contributed by atoms with Gasteiger partial charge in [0.25, 0.3) is 0 Å². The summed E-state index contributed by atoms with van der Waals surface area (Å²) in [6.45, 7) is 0. The van der Waals surface area contributed by atoms with Crippen LogP contribution in [-0.4, -0.2) is 15.2 Å². The topological polar surface area (TPSA) is 41.6 Å². The Morgan fingerprint density at radius 2 is 1.47 bits per heavy atom. The molecule has 0 radical (unpaired) electrons. The molecule has 3 nitrogen and oxygen atoms in total. The van der Waals surface area contributed by atoms with E-state index >= 15 is 0 Å². The summed E-state index contributed by atoms with van der Waals surface area (Å²) in [5, 5.41) is 10.8.